The molecule has 0 spiro atoms. The Kier molecular flexibility index (Phi) is 6.75. The number of halogens is 4. The summed E-state index contributed by atoms with van der Waals surface area (Å²) in [6.07, 6.45) is 0.197. The first-order valence-corrected chi connectivity index (χ1v) is 10.6. The Bertz CT molecular complexity index is 1110. The summed E-state index contributed by atoms with van der Waals surface area (Å²) >= 11 is 0. The van der Waals surface area contributed by atoms with Crippen molar-refractivity contribution >= 4 is 21.8 Å². The summed E-state index contributed by atoms with van der Waals surface area (Å²) in [4.78, 5) is 23.8. The van der Waals surface area contributed by atoms with Gasteiger partial charge in [-0.2, -0.15) is 4.31 Å². The molecule has 0 aromatic heterocycles. The molecule has 166 valence electrons. The number of piperidine rings is 1. The fraction of sp³-hybridized carbons (Fsp3) is 0.300. The molecule has 0 aliphatic carbocycles. The van der Waals surface area contributed by atoms with Crippen molar-refractivity contribution in [1.82, 2.24) is 4.31 Å². The summed E-state index contributed by atoms with van der Waals surface area (Å²) in [5, 5.41) is 0. The van der Waals surface area contributed by atoms with Crippen molar-refractivity contribution in [3.05, 3.63) is 65.2 Å². The monoisotopic (exact) mass is 459 g/mol. The molecule has 1 saturated heterocycles. The Morgan fingerprint density at radius 3 is 2.06 bits per heavy atom. The standard InChI is InChI=1S/C20H17F4NO5S/c21-15-3-1-13(9-17(15)23)19(26)11-30-20(27)12-5-7-25(8-6-12)31(28,29)14-2-4-16(22)18(24)10-14/h1-4,9-10,12H,5-8,11H2. The van der Waals surface area contributed by atoms with Crippen LogP contribution in [-0.2, 0) is 19.6 Å². The third kappa shape index (κ3) is 5.10. The van der Waals surface area contributed by atoms with Crippen LogP contribution >= 0.6 is 0 Å². The van der Waals surface area contributed by atoms with Gasteiger partial charge in [0, 0.05) is 18.7 Å². The van der Waals surface area contributed by atoms with Crippen LogP contribution in [0.25, 0.3) is 0 Å². The van der Waals surface area contributed by atoms with E-state index in [-0.39, 0.29) is 31.5 Å². The SMILES string of the molecule is O=C(COC(=O)C1CCN(S(=O)(=O)c2ccc(F)c(F)c2)CC1)c1ccc(F)c(F)c1. The van der Waals surface area contributed by atoms with Gasteiger partial charge in [-0.3, -0.25) is 9.59 Å². The molecule has 0 atom stereocenters. The summed E-state index contributed by atoms with van der Waals surface area (Å²) in [7, 11) is -4.07. The second-order valence-corrected chi connectivity index (χ2v) is 8.85. The maximum absolute atomic E-state index is 13.4. The van der Waals surface area contributed by atoms with Crippen molar-refractivity contribution in [3.8, 4) is 0 Å². The van der Waals surface area contributed by atoms with E-state index in [4.69, 9.17) is 4.74 Å². The van der Waals surface area contributed by atoms with Crippen molar-refractivity contribution in [3.63, 3.8) is 0 Å². The van der Waals surface area contributed by atoms with Gasteiger partial charge in [-0.1, -0.05) is 0 Å². The molecule has 1 aliphatic heterocycles. The molecule has 31 heavy (non-hydrogen) atoms. The molecule has 0 unspecified atom stereocenters. The number of esters is 1. The van der Waals surface area contributed by atoms with E-state index in [1.165, 1.54) is 0 Å². The molecule has 0 radical (unpaired) electrons. The van der Waals surface area contributed by atoms with Gasteiger partial charge >= 0.3 is 5.97 Å². The number of sulfonamides is 1. The molecule has 2 aromatic rings. The molecule has 11 heteroatoms. The molecule has 0 saturated carbocycles. The first-order valence-electron chi connectivity index (χ1n) is 9.19. The maximum Gasteiger partial charge on any atom is 0.309 e. The molecule has 0 amide bonds. The molecular formula is C20H17F4NO5S. The quantitative estimate of drug-likeness (QED) is 0.377. The van der Waals surface area contributed by atoms with Gasteiger partial charge in [0.05, 0.1) is 10.8 Å². The molecule has 0 N–H and O–H groups in total. The summed E-state index contributed by atoms with van der Waals surface area (Å²) in [6.45, 7) is -0.784. The third-order valence-electron chi connectivity index (χ3n) is 4.90. The zero-order valence-electron chi connectivity index (χ0n) is 16.0. The van der Waals surface area contributed by atoms with Crippen LogP contribution in [0, 0.1) is 29.2 Å². The highest BCUT2D eigenvalue weighted by molar-refractivity contribution is 7.89. The lowest BCUT2D eigenvalue weighted by atomic mass is 9.98. The zero-order chi connectivity index (χ0) is 22.8. The number of benzene rings is 2. The largest absolute Gasteiger partial charge is 0.457 e. The van der Waals surface area contributed by atoms with E-state index in [9.17, 15) is 35.6 Å². The summed E-state index contributed by atoms with van der Waals surface area (Å²) in [5.74, 6) is -6.88. The van der Waals surface area contributed by atoms with E-state index < -0.39 is 62.5 Å². The minimum atomic E-state index is -4.07. The molecule has 2 aromatic carbocycles. The molecule has 1 aliphatic rings. The van der Waals surface area contributed by atoms with Crippen molar-refractivity contribution in [2.45, 2.75) is 17.7 Å². The van der Waals surface area contributed by atoms with Gasteiger partial charge in [0.2, 0.25) is 10.0 Å². The minimum Gasteiger partial charge on any atom is -0.457 e. The highest BCUT2D eigenvalue weighted by atomic mass is 32.2. The van der Waals surface area contributed by atoms with Gasteiger partial charge in [-0.25, -0.2) is 26.0 Å². The van der Waals surface area contributed by atoms with Crippen molar-refractivity contribution in [1.29, 1.82) is 0 Å². The molecule has 1 fully saturated rings. The van der Waals surface area contributed by atoms with E-state index >= 15 is 0 Å². The van der Waals surface area contributed by atoms with Crippen LogP contribution in [-0.4, -0.2) is 44.2 Å². The number of Topliss-reactive ketones (excluding diaryl/α,β-unsaturated/α-hetero) is 1. The topological polar surface area (TPSA) is 80.8 Å². The van der Waals surface area contributed by atoms with Gasteiger partial charge in [0.1, 0.15) is 0 Å². The van der Waals surface area contributed by atoms with Crippen LogP contribution in [0.3, 0.4) is 0 Å². The van der Waals surface area contributed by atoms with Crippen LogP contribution in [0.4, 0.5) is 17.6 Å². The Hall–Kier alpha value is -2.79. The Morgan fingerprint density at radius 1 is 0.903 bits per heavy atom. The Morgan fingerprint density at radius 2 is 1.48 bits per heavy atom. The average Bonchev–Trinajstić information content (AvgIpc) is 2.75. The number of rotatable bonds is 6. The van der Waals surface area contributed by atoms with Crippen LogP contribution in [0.5, 0.6) is 0 Å². The highest BCUT2D eigenvalue weighted by Gasteiger charge is 2.33. The normalized spacial score (nSPS) is 15.6. The van der Waals surface area contributed by atoms with Gasteiger partial charge in [-0.15, -0.1) is 0 Å². The van der Waals surface area contributed by atoms with Crippen LogP contribution in [0.1, 0.15) is 23.2 Å². The molecular weight excluding hydrogens is 442 g/mol. The lowest BCUT2D eigenvalue weighted by Gasteiger charge is -2.30. The number of hydrogen-bond acceptors (Lipinski definition) is 5. The van der Waals surface area contributed by atoms with Crippen LogP contribution < -0.4 is 0 Å². The molecule has 0 bridgehead atoms. The lowest BCUT2D eigenvalue weighted by molar-refractivity contribution is -0.148. The third-order valence-corrected chi connectivity index (χ3v) is 6.80. The first-order chi connectivity index (χ1) is 14.6. The predicted octanol–water partition coefficient (Wildman–Crippen LogP) is 3.07. The fourth-order valence-corrected chi connectivity index (χ4v) is 4.61. The fourth-order valence-electron chi connectivity index (χ4n) is 3.13. The second kappa shape index (κ2) is 9.15. The highest BCUT2D eigenvalue weighted by Crippen LogP contribution is 2.25. The summed E-state index contributed by atoms with van der Waals surface area (Å²) < 4.78 is 83.7. The second-order valence-electron chi connectivity index (χ2n) is 6.91. The van der Waals surface area contributed by atoms with E-state index in [0.717, 1.165) is 28.6 Å². The summed E-state index contributed by atoms with van der Waals surface area (Å²) in [5.41, 5.74) is -0.154. The summed E-state index contributed by atoms with van der Waals surface area (Å²) in [6, 6.07) is 4.82. The average molecular weight is 459 g/mol. The minimum absolute atomic E-state index is 0.0573. The van der Waals surface area contributed by atoms with Gasteiger partial charge in [0.15, 0.2) is 35.7 Å². The van der Waals surface area contributed by atoms with Crippen molar-refractivity contribution < 1.29 is 40.3 Å². The number of ether oxygens (including phenoxy) is 1. The van der Waals surface area contributed by atoms with E-state index in [1.807, 2.05) is 0 Å². The van der Waals surface area contributed by atoms with Crippen molar-refractivity contribution in [2.24, 2.45) is 5.92 Å². The molecule has 6 nitrogen and oxygen atoms in total. The van der Waals surface area contributed by atoms with Crippen LogP contribution in [0.2, 0.25) is 0 Å². The number of carbonyl (C=O) groups is 2. The Labute approximate surface area is 175 Å². The van der Waals surface area contributed by atoms with E-state index in [2.05, 4.69) is 0 Å². The molecule has 3 rings (SSSR count). The number of hydrogen-bond donors (Lipinski definition) is 0. The molecule has 1 heterocycles. The number of nitrogens with zero attached hydrogens (tertiary/aromatic N) is 1. The number of carbonyl (C=O) groups excluding carboxylic acids is 2. The van der Waals surface area contributed by atoms with E-state index in [0.29, 0.717) is 12.1 Å². The lowest BCUT2D eigenvalue weighted by Crippen LogP contribution is -2.40. The first kappa shape index (κ1) is 22.9. The zero-order valence-corrected chi connectivity index (χ0v) is 16.8. The predicted molar refractivity (Wildman–Crippen MR) is 99.5 cm³/mol. The van der Waals surface area contributed by atoms with Gasteiger partial charge < -0.3 is 4.74 Å². The Balaban J connectivity index is 1.55. The van der Waals surface area contributed by atoms with Gasteiger partial charge in [-0.05, 0) is 49.2 Å². The maximum atomic E-state index is 13.4. The van der Waals surface area contributed by atoms with Crippen molar-refractivity contribution in [2.75, 3.05) is 19.7 Å². The smallest absolute Gasteiger partial charge is 0.309 e. The number of ketones is 1. The van der Waals surface area contributed by atoms with Gasteiger partial charge in [0.25, 0.3) is 0 Å². The van der Waals surface area contributed by atoms with E-state index in [1.54, 1.807) is 0 Å². The van der Waals surface area contributed by atoms with Crippen LogP contribution in [0.15, 0.2) is 41.3 Å².